The topological polar surface area (TPSA) is 39.2 Å². The Balaban J connectivity index is 1.77. The number of rotatable bonds is 8. The highest BCUT2D eigenvalue weighted by Gasteiger charge is 2.16. The van der Waals surface area contributed by atoms with Crippen LogP contribution in [0.5, 0.6) is 0 Å². The van der Waals surface area contributed by atoms with Crippen molar-refractivity contribution in [3.05, 3.63) is 50.7 Å². The molecule has 0 saturated heterocycles. The number of thiazole rings is 1. The Bertz CT molecular complexity index is 697. The zero-order chi connectivity index (χ0) is 17.5. The lowest BCUT2D eigenvalue weighted by atomic mass is 10.0. The van der Waals surface area contributed by atoms with Gasteiger partial charge in [-0.3, -0.25) is 0 Å². The third-order valence-electron chi connectivity index (χ3n) is 3.92. The third-order valence-corrected chi connectivity index (χ3v) is 4.95. The summed E-state index contributed by atoms with van der Waals surface area (Å²) in [4.78, 5) is 17.1. The molecule has 1 heterocycles. The van der Waals surface area contributed by atoms with Crippen molar-refractivity contribution in [2.24, 2.45) is 0 Å². The zero-order valence-corrected chi connectivity index (χ0v) is 15.3. The maximum Gasteiger partial charge on any atom is 0.358 e. The standard InChI is InChI=1S/C19H24FNO2S/c1-4-23-19(22)18-14(3)24-16(21-18)12-7-5-6-10-15-11-8-9-13(2)17(15)20/h8-9,11H,4-7,10,12H2,1-3H3. The number of hydrogen-bond acceptors (Lipinski definition) is 4. The van der Waals surface area contributed by atoms with Crippen LogP contribution >= 0.6 is 11.3 Å². The second kappa shape index (κ2) is 8.92. The van der Waals surface area contributed by atoms with Crippen LogP contribution in [0, 0.1) is 19.7 Å². The summed E-state index contributed by atoms with van der Waals surface area (Å²) in [5, 5.41) is 0.970. The van der Waals surface area contributed by atoms with E-state index in [1.165, 1.54) is 0 Å². The highest BCUT2D eigenvalue weighted by Crippen LogP contribution is 2.21. The molecule has 0 aliphatic carbocycles. The molecule has 0 spiro atoms. The number of benzene rings is 1. The third kappa shape index (κ3) is 4.87. The van der Waals surface area contributed by atoms with E-state index in [0.717, 1.165) is 47.6 Å². The summed E-state index contributed by atoms with van der Waals surface area (Å²) in [6.07, 6.45) is 4.57. The van der Waals surface area contributed by atoms with Crippen molar-refractivity contribution in [1.29, 1.82) is 0 Å². The van der Waals surface area contributed by atoms with Crippen LogP contribution in [-0.2, 0) is 17.6 Å². The van der Waals surface area contributed by atoms with E-state index in [0.29, 0.717) is 17.9 Å². The minimum absolute atomic E-state index is 0.0767. The summed E-state index contributed by atoms with van der Waals surface area (Å²) in [6.45, 7) is 5.84. The Hall–Kier alpha value is -1.75. The molecule has 5 heteroatoms. The molecule has 0 aliphatic rings. The molecule has 0 atom stereocenters. The smallest absolute Gasteiger partial charge is 0.358 e. The maximum atomic E-state index is 13.9. The van der Waals surface area contributed by atoms with Crippen molar-refractivity contribution in [1.82, 2.24) is 4.98 Å². The molecule has 0 N–H and O–H groups in total. The Kier molecular flexibility index (Phi) is 6.91. The van der Waals surface area contributed by atoms with Crippen LogP contribution in [0.15, 0.2) is 18.2 Å². The SMILES string of the molecule is CCOC(=O)c1nc(CCCCCc2cccc(C)c2F)sc1C. The van der Waals surface area contributed by atoms with E-state index in [1.807, 2.05) is 19.1 Å². The number of aryl methyl sites for hydroxylation is 4. The number of hydrogen-bond donors (Lipinski definition) is 0. The van der Waals surface area contributed by atoms with Gasteiger partial charge in [-0.15, -0.1) is 11.3 Å². The van der Waals surface area contributed by atoms with Gasteiger partial charge in [-0.05, 0) is 57.6 Å². The largest absolute Gasteiger partial charge is 0.461 e. The molecule has 0 unspecified atom stereocenters. The van der Waals surface area contributed by atoms with Crippen molar-refractivity contribution in [2.45, 2.75) is 52.9 Å². The molecule has 1 aromatic carbocycles. The van der Waals surface area contributed by atoms with Gasteiger partial charge >= 0.3 is 5.97 Å². The fourth-order valence-electron chi connectivity index (χ4n) is 2.62. The van der Waals surface area contributed by atoms with Crippen molar-refractivity contribution >= 4 is 17.3 Å². The molecule has 0 radical (unpaired) electrons. The number of nitrogens with zero attached hydrogens (tertiary/aromatic N) is 1. The van der Waals surface area contributed by atoms with Gasteiger partial charge in [0.1, 0.15) is 5.82 Å². The van der Waals surface area contributed by atoms with E-state index in [9.17, 15) is 9.18 Å². The highest BCUT2D eigenvalue weighted by molar-refractivity contribution is 7.11. The lowest BCUT2D eigenvalue weighted by Crippen LogP contribution is -2.06. The number of aromatic nitrogens is 1. The molecular weight excluding hydrogens is 325 g/mol. The van der Waals surface area contributed by atoms with Gasteiger partial charge in [-0.2, -0.15) is 0 Å². The average molecular weight is 349 g/mol. The molecular formula is C19H24FNO2S. The number of halogens is 1. The van der Waals surface area contributed by atoms with Crippen molar-refractivity contribution < 1.29 is 13.9 Å². The van der Waals surface area contributed by atoms with Crippen LogP contribution < -0.4 is 0 Å². The van der Waals surface area contributed by atoms with Crippen molar-refractivity contribution in [3.8, 4) is 0 Å². The van der Waals surface area contributed by atoms with Crippen LogP contribution in [0.4, 0.5) is 4.39 Å². The zero-order valence-electron chi connectivity index (χ0n) is 14.5. The van der Waals surface area contributed by atoms with Gasteiger partial charge < -0.3 is 4.74 Å². The Morgan fingerprint density at radius 2 is 1.96 bits per heavy atom. The molecule has 0 saturated carbocycles. The van der Waals surface area contributed by atoms with Crippen LogP contribution in [-0.4, -0.2) is 17.6 Å². The van der Waals surface area contributed by atoms with Gasteiger partial charge in [0.2, 0.25) is 0 Å². The van der Waals surface area contributed by atoms with Crippen molar-refractivity contribution in [2.75, 3.05) is 6.61 Å². The lowest BCUT2D eigenvalue weighted by molar-refractivity contribution is 0.0519. The average Bonchev–Trinajstić information content (AvgIpc) is 2.92. The van der Waals surface area contributed by atoms with Crippen LogP contribution in [0.3, 0.4) is 0 Å². The number of carbonyl (C=O) groups is 1. The molecule has 0 bridgehead atoms. The van der Waals surface area contributed by atoms with Crippen molar-refractivity contribution in [3.63, 3.8) is 0 Å². The highest BCUT2D eigenvalue weighted by atomic mass is 32.1. The van der Waals surface area contributed by atoms with Crippen LogP contribution in [0.2, 0.25) is 0 Å². The molecule has 0 fully saturated rings. The molecule has 0 aliphatic heterocycles. The summed E-state index contributed by atoms with van der Waals surface area (Å²) >= 11 is 1.56. The first-order chi connectivity index (χ1) is 11.5. The number of carbonyl (C=O) groups excluding carboxylic acids is 1. The molecule has 24 heavy (non-hydrogen) atoms. The first kappa shape index (κ1) is 18.6. The second-order valence-electron chi connectivity index (χ2n) is 5.84. The van der Waals surface area contributed by atoms with Gasteiger partial charge in [0.25, 0.3) is 0 Å². The predicted molar refractivity (Wildman–Crippen MR) is 95.2 cm³/mol. The molecule has 0 amide bonds. The van der Waals surface area contributed by atoms with Gasteiger partial charge in [-0.1, -0.05) is 24.6 Å². The maximum absolute atomic E-state index is 13.9. The second-order valence-corrected chi connectivity index (χ2v) is 7.13. The molecule has 1 aromatic heterocycles. The minimum Gasteiger partial charge on any atom is -0.461 e. The summed E-state index contributed by atoms with van der Waals surface area (Å²) in [7, 11) is 0. The van der Waals surface area contributed by atoms with Gasteiger partial charge in [0.05, 0.1) is 11.6 Å². The van der Waals surface area contributed by atoms with E-state index in [2.05, 4.69) is 4.98 Å². The van der Waals surface area contributed by atoms with Gasteiger partial charge in [0, 0.05) is 4.88 Å². The molecule has 130 valence electrons. The Morgan fingerprint density at radius 3 is 2.71 bits per heavy atom. The van der Waals surface area contributed by atoms with Crippen LogP contribution in [0.25, 0.3) is 0 Å². The molecule has 2 aromatic rings. The first-order valence-electron chi connectivity index (χ1n) is 8.40. The Labute approximate surface area is 146 Å². The summed E-state index contributed by atoms with van der Waals surface area (Å²) in [5.74, 6) is -0.417. The number of esters is 1. The van der Waals surface area contributed by atoms with Crippen LogP contribution in [0.1, 0.15) is 57.7 Å². The van der Waals surface area contributed by atoms with E-state index < -0.39 is 0 Å². The monoisotopic (exact) mass is 349 g/mol. The summed E-state index contributed by atoms with van der Waals surface area (Å²) in [6, 6.07) is 5.56. The number of ether oxygens (including phenoxy) is 1. The fraction of sp³-hybridized carbons (Fsp3) is 0.474. The molecule has 3 nitrogen and oxygen atoms in total. The van der Waals surface area contributed by atoms with E-state index >= 15 is 0 Å². The summed E-state index contributed by atoms with van der Waals surface area (Å²) in [5.41, 5.74) is 1.95. The Morgan fingerprint density at radius 1 is 1.21 bits per heavy atom. The van der Waals surface area contributed by atoms with Gasteiger partial charge in [-0.25, -0.2) is 14.2 Å². The van der Waals surface area contributed by atoms with E-state index in [4.69, 9.17) is 4.74 Å². The molecule has 2 rings (SSSR count). The normalized spacial score (nSPS) is 10.8. The van der Waals surface area contributed by atoms with E-state index in [-0.39, 0.29) is 11.8 Å². The van der Waals surface area contributed by atoms with E-state index in [1.54, 1.807) is 31.3 Å². The first-order valence-corrected chi connectivity index (χ1v) is 9.22. The predicted octanol–water partition coefficient (Wildman–Crippen LogP) is 5.03. The number of unbranched alkanes of at least 4 members (excludes halogenated alkanes) is 2. The summed E-state index contributed by atoms with van der Waals surface area (Å²) < 4.78 is 18.9. The quantitative estimate of drug-likeness (QED) is 0.495. The fourth-order valence-corrected chi connectivity index (χ4v) is 3.58. The minimum atomic E-state index is -0.340. The lowest BCUT2D eigenvalue weighted by Gasteiger charge is -2.05. The van der Waals surface area contributed by atoms with Gasteiger partial charge in [0.15, 0.2) is 5.69 Å².